The number of hydrogen-bond acceptors (Lipinski definition) is 3. The topological polar surface area (TPSA) is 61.4 Å². The molecule has 2 N–H and O–H groups in total. The molecule has 0 atom stereocenters. The fraction of sp³-hybridized carbons (Fsp3) is 0.625. The van der Waals surface area contributed by atoms with Crippen molar-refractivity contribution in [3.8, 4) is 0 Å². The first-order chi connectivity index (χ1) is 11.1. The molecule has 1 aliphatic rings. The molecule has 1 fully saturated rings. The second-order valence-electron chi connectivity index (χ2n) is 5.95. The largest absolute Gasteiger partial charge is 0.303 e. The molecule has 1 aromatic carbocycles. The van der Waals surface area contributed by atoms with Crippen LogP contribution in [0.4, 0.5) is 0 Å². The van der Waals surface area contributed by atoms with E-state index < -0.39 is 10.2 Å². The summed E-state index contributed by atoms with van der Waals surface area (Å²) in [4.78, 5) is 2.48. The van der Waals surface area contributed by atoms with Gasteiger partial charge in [-0.15, -0.1) is 0 Å². The van der Waals surface area contributed by atoms with Crippen molar-refractivity contribution in [1.82, 2.24) is 14.3 Å². The highest BCUT2D eigenvalue weighted by molar-refractivity contribution is 7.87. The normalized spacial score (nSPS) is 16.0. The van der Waals surface area contributed by atoms with Gasteiger partial charge in [0.2, 0.25) is 0 Å². The van der Waals surface area contributed by atoms with Gasteiger partial charge in [0.25, 0.3) is 10.2 Å². The third kappa shape index (κ3) is 7.63. The predicted octanol–water partition coefficient (Wildman–Crippen LogP) is 2.53. The Labute approximate surface area is 144 Å². The maximum absolute atomic E-state index is 11.9. The van der Waals surface area contributed by atoms with Gasteiger partial charge in [-0.1, -0.05) is 30.2 Å². The molecule has 7 heteroatoms. The Morgan fingerprint density at radius 1 is 1.00 bits per heavy atom. The van der Waals surface area contributed by atoms with Crippen LogP contribution in [0.1, 0.15) is 37.7 Å². The summed E-state index contributed by atoms with van der Waals surface area (Å²) in [5.74, 6) is 0. The fourth-order valence-electron chi connectivity index (χ4n) is 2.68. The maximum Gasteiger partial charge on any atom is 0.277 e. The van der Waals surface area contributed by atoms with E-state index in [1.807, 2.05) is 12.1 Å². The molecule has 0 radical (unpaired) electrons. The van der Waals surface area contributed by atoms with Crippen LogP contribution < -0.4 is 9.44 Å². The lowest BCUT2D eigenvalue weighted by Crippen LogP contribution is -2.36. The molecule has 23 heavy (non-hydrogen) atoms. The van der Waals surface area contributed by atoms with Crippen molar-refractivity contribution in [1.29, 1.82) is 0 Å². The minimum Gasteiger partial charge on any atom is -0.303 e. The molecule has 0 amide bonds. The average molecular weight is 360 g/mol. The summed E-state index contributed by atoms with van der Waals surface area (Å²) in [5.41, 5.74) is 0.880. The third-order valence-electron chi connectivity index (χ3n) is 4.02. The van der Waals surface area contributed by atoms with Gasteiger partial charge in [-0.25, -0.2) is 4.72 Å². The van der Waals surface area contributed by atoms with Crippen LogP contribution in [0.2, 0.25) is 5.02 Å². The molecule has 2 rings (SSSR count). The summed E-state index contributed by atoms with van der Waals surface area (Å²) < 4.78 is 28.8. The number of benzene rings is 1. The van der Waals surface area contributed by atoms with Gasteiger partial charge in [0.15, 0.2) is 0 Å². The van der Waals surface area contributed by atoms with Crippen LogP contribution in [0.3, 0.4) is 0 Å². The van der Waals surface area contributed by atoms with E-state index in [1.165, 1.54) is 25.9 Å². The van der Waals surface area contributed by atoms with E-state index in [2.05, 4.69) is 14.3 Å². The van der Waals surface area contributed by atoms with Crippen LogP contribution in [-0.4, -0.2) is 39.5 Å². The second kappa shape index (κ2) is 9.59. The Balaban J connectivity index is 1.55. The first-order valence-corrected chi connectivity index (χ1v) is 10.1. The number of likely N-dealkylation sites (tertiary alicyclic amines) is 1. The van der Waals surface area contributed by atoms with E-state index in [1.54, 1.807) is 12.1 Å². The molecule has 0 aromatic heterocycles. The van der Waals surface area contributed by atoms with Gasteiger partial charge < -0.3 is 4.90 Å². The molecule has 0 saturated carbocycles. The van der Waals surface area contributed by atoms with Crippen molar-refractivity contribution in [3.63, 3.8) is 0 Å². The third-order valence-corrected chi connectivity index (χ3v) is 5.38. The Morgan fingerprint density at radius 3 is 2.39 bits per heavy atom. The summed E-state index contributed by atoms with van der Waals surface area (Å²) in [6, 6.07) is 7.12. The number of nitrogens with zero attached hydrogens (tertiary/aromatic N) is 1. The standard InChI is InChI=1S/C16H26ClN3O2S/c17-16-8-6-15(7-9-16)14-19-23(21,22)18-10-2-1-3-11-20-12-4-5-13-20/h6-9,18-19H,1-5,10-14H2. The van der Waals surface area contributed by atoms with Gasteiger partial charge in [0, 0.05) is 18.1 Å². The highest BCUT2D eigenvalue weighted by atomic mass is 35.5. The first kappa shape index (κ1) is 18.7. The highest BCUT2D eigenvalue weighted by Gasteiger charge is 2.11. The Hall–Kier alpha value is -0.660. The van der Waals surface area contributed by atoms with Gasteiger partial charge >= 0.3 is 0 Å². The molecule has 5 nitrogen and oxygen atoms in total. The van der Waals surface area contributed by atoms with Crippen LogP contribution in [0.15, 0.2) is 24.3 Å². The van der Waals surface area contributed by atoms with Crippen LogP contribution in [-0.2, 0) is 16.8 Å². The average Bonchev–Trinajstić information content (AvgIpc) is 3.03. The summed E-state index contributed by atoms with van der Waals surface area (Å²) >= 11 is 5.80. The Morgan fingerprint density at radius 2 is 1.70 bits per heavy atom. The van der Waals surface area contributed by atoms with Crippen LogP contribution in [0.25, 0.3) is 0 Å². The molecule has 0 aliphatic carbocycles. The summed E-state index contributed by atoms with van der Waals surface area (Å²) in [6.45, 7) is 4.33. The van der Waals surface area contributed by atoms with Crippen molar-refractivity contribution >= 4 is 21.8 Å². The lowest BCUT2D eigenvalue weighted by atomic mass is 10.2. The smallest absolute Gasteiger partial charge is 0.277 e. The van der Waals surface area contributed by atoms with Crippen LogP contribution in [0, 0.1) is 0 Å². The van der Waals surface area contributed by atoms with Crippen molar-refractivity contribution in [2.24, 2.45) is 0 Å². The van der Waals surface area contributed by atoms with Crippen molar-refractivity contribution < 1.29 is 8.42 Å². The van der Waals surface area contributed by atoms with E-state index in [-0.39, 0.29) is 6.54 Å². The summed E-state index contributed by atoms with van der Waals surface area (Å²) in [7, 11) is -3.44. The molecule has 130 valence electrons. The zero-order chi connectivity index (χ0) is 16.5. The fourth-order valence-corrected chi connectivity index (χ4v) is 3.68. The number of halogens is 1. The first-order valence-electron chi connectivity index (χ1n) is 8.26. The quantitative estimate of drug-likeness (QED) is 0.631. The zero-order valence-electron chi connectivity index (χ0n) is 13.4. The summed E-state index contributed by atoms with van der Waals surface area (Å²) in [5, 5.41) is 0.642. The number of hydrogen-bond donors (Lipinski definition) is 2. The Kier molecular flexibility index (Phi) is 7.79. The molecular weight excluding hydrogens is 334 g/mol. The van der Waals surface area contributed by atoms with Gasteiger partial charge in [0.1, 0.15) is 0 Å². The molecule has 0 spiro atoms. The van der Waals surface area contributed by atoms with Gasteiger partial charge in [-0.2, -0.15) is 13.1 Å². The minimum absolute atomic E-state index is 0.265. The zero-order valence-corrected chi connectivity index (χ0v) is 15.0. The van der Waals surface area contributed by atoms with Gasteiger partial charge in [-0.05, 0) is 63.0 Å². The van der Waals surface area contributed by atoms with E-state index in [0.29, 0.717) is 11.6 Å². The molecule has 1 heterocycles. The molecule has 1 aliphatic heterocycles. The van der Waals surface area contributed by atoms with Gasteiger partial charge in [0.05, 0.1) is 0 Å². The Bertz CT molecular complexity index is 557. The number of rotatable bonds is 10. The molecule has 0 bridgehead atoms. The van der Waals surface area contributed by atoms with Crippen molar-refractivity contribution in [2.75, 3.05) is 26.2 Å². The van der Waals surface area contributed by atoms with Crippen molar-refractivity contribution in [2.45, 2.75) is 38.6 Å². The minimum atomic E-state index is -3.44. The van der Waals surface area contributed by atoms with Crippen molar-refractivity contribution in [3.05, 3.63) is 34.9 Å². The molecule has 1 saturated heterocycles. The molecule has 0 unspecified atom stereocenters. The van der Waals surface area contributed by atoms with Crippen LogP contribution in [0.5, 0.6) is 0 Å². The number of nitrogens with one attached hydrogen (secondary N) is 2. The lowest BCUT2D eigenvalue weighted by Gasteiger charge is -2.14. The van der Waals surface area contributed by atoms with E-state index >= 15 is 0 Å². The summed E-state index contributed by atoms with van der Waals surface area (Å²) in [6.07, 6.45) is 5.70. The van der Waals surface area contributed by atoms with E-state index in [4.69, 9.17) is 11.6 Å². The predicted molar refractivity (Wildman–Crippen MR) is 94.7 cm³/mol. The SMILES string of the molecule is O=S(=O)(NCCCCCN1CCCC1)NCc1ccc(Cl)cc1. The van der Waals surface area contributed by atoms with Gasteiger partial charge in [-0.3, -0.25) is 0 Å². The van der Waals surface area contributed by atoms with Crippen LogP contribution >= 0.6 is 11.6 Å². The lowest BCUT2D eigenvalue weighted by molar-refractivity contribution is 0.328. The molecule has 1 aromatic rings. The van der Waals surface area contributed by atoms with E-state index in [0.717, 1.165) is 31.4 Å². The van der Waals surface area contributed by atoms with E-state index in [9.17, 15) is 8.42 Å². The maximum atomic E-state index is 11.9. The monoisotopic (exact) mass is 359 g/mol. The number of unbranched alkanes of at least 4 members (excludes halogenated alkanes) is 2. The second-order valence-corrected chi connectivity index (χ2v) is 7.98. The molecular formula is C16H26ClN3O2S. The highest BCUT2D eigenvalue weighted by Crippen LogP contribution is 2.10.